The van der Waals surface area contributed by atoms with Crippen molar-refractivity contribution in [1.82, 2.24) is 4.98 Å². The number of hydrogen-bond donors (Lipinski definition) is 2. The minimum absolute atomic E-state index is 0.177. The fraction of sp³-hybridized carbons (Fsp3) is 0.538. The van der Waals surface area contributed by atoms with Crippen LogP contribution in [-0.4, -0.2) is 34.8 Å². The minimum Gasteiger partial charge on any atom is -0.493 e. The highest BCUT2D eigenvalue weighted by molar-refractivity contribution is 6.32. The average molecular weight is 680 g/mol. The minimum atomic E-state index is -1.07. The number of nitrogens with one attached hydrogen (secondary N) is 1. The molecule has 0 saturated heterocycles. The second kappa shape index (κ2) is 13.9. The number of rotatable bonds is 11. The maximum atomic E-state index is 12.9. The zero-order chi connectivity index (χ0) is 33.3. The van der Waals surface area contributed by atoms with E-state index in [1.54, 1.807) is 12.1 Å². The summed E-state index contributed by atoms with van der Waals surface area (Å²) in [6.45, 7) is 10.0. The summed E-state index contributed by atoms with van der Waals surface area (Å²) in [4.78, 5) is 17.6. The molecule has 2 aromatic carbocycles. The molecule has 6 nitrogen and oxygen atoms in total. The van der Waals surface area contributed by atoms with E-state index in [0.29, 0.717) is 59.8 Å². The topological polar surface area (TPSA) is 80.7 Å². The lowest BCUT2D eigenvalue weighted by molar-refractivity contribution is -0.144. The van der Waals surface area contributed by atoms with Gasteiger partial charge >= 0.3 is 5.97 Å². The predicted octanol–water partition coefficient (Wildman–Crippen LogP) is 9.89. The normalized spacial score (nSPS) is 25.7. The molecule has 3 aliphatic carbocycles. The average Bonchev–Trinajstić information content (AvgIpc) is 3.30. The van der Waals surface area contributed by atoms with Crippen molar-refractivity contribution >= 4 is 34.9 Å². The molecule has 3 aromatic rings. The van der Waals surface area contributed by atoms with Crippen molar-refractivity contribution in [2.45, 2.75) is 102 Å². The predicted molar refractivity (Wildman–Crippen MR) is 189 cm³/mol. The molecule has 47 heavy (non-hydrogen) atoms. The van der Waals surface area contributed by atoms with E-state index in [4.69, 9.17) is 32.7 Å². The molecule has 252 valence electrons. The first-order chi connectivity index (χ1) is 22.5. The van der Waals surface area contributed by atoms with Crippen molar-refractivity contribution < 1.29 is 19.4 Å². The van der Waals surface area contributed by atoms with Gasteiger partial charge in [0.2, 0.25) is 0 Å². The number of halogens is 2. The molecular formula is C39H48Cl2N2O4. The Morgan fingerprint density at radius 3 is 2.53 bits per heavy atom. The van der Waals surface area contributed by atoms with E-state index in [1.165, 1.54) is 35.2 Å². The molecule has 0 amide bonds. The van der Waals surface area contributed by atoms with Gasteiger partial charge in [0.25, 0.3) is 0 Å². The van der Waals surface area contributed by atoms with Crippen LogP contribution in [0.1, 0.15) is 101 Å². The van der Waals surface area contributed by atoms with Gasteiger partial charge in [-0.3, -0.25) is 4.98 Å². The summed E-state index contributed by atoms with van der Waals surface area (Å²) in [7, 11) is 0. The maximum Gasteiger partial charge on any atom is 0.329 e. The molecule has 3 aliphatic rings. The standard InChI is InChI=1S/C39H48Cl2N2O4/c1-24(2)22-46-35-21-31-27(19-32(35)41)18-28(17-25(3)23-47-34-11-16-42-33-10-5-7-26(4)36(33)34)38(31)12-14-39(15-13-38,37(44)45)43-30-9-6-8-29(40)20-30/h6,8-9,11,16,19-21,24-26,28,43H,5,7,10,12-15,17-18,22-23H2,1-4H3,(H,44,45)/t25-,26-,28+,38?,39?/m1/s1. The van der Waals surface area contributed by atoms with Gasteiger partial charge in [-0.1, -0.05) is 57.0 Å². The number of carbonyl (C=O) groups is 1. The molecule has 0 unspecified atom stereocenters. The third-order valence-corrected chi connectivity index (χ3v) is 11.4. The lowest BCUT2D eigenvalue weighted by Gasteiger charge is -2.47. The van der Waals surface area contributed by atoms with Gasteiger partial charge in [0.15, 0.2) is 0 Å². The lowest BCUT2D eigenvalue weighted by atomic mass is 9.59. The number of aliphatic carboxylic acids is 1. The molecule has 2 N–H and O–H groups in total. The third kappa shape index (κ3) is 6.96. The van der Waals surface area contributed by atoms with E-state index < -0.39 is 11.5 Å². The van der Waals surface area contributed by atoms with Crippen LogP contribution in [0.3, 0.4) is 0 Å². The Balaban J connectivity index is 1.26. The van der Waals surface area contributed by atoms with Crippen LogP contribution in [0.5, 0.6) is 11.5 Å². The number of pyridine rings is 1. The summed E-state index contributed by atoms with van der Waals surface area (Å²) >= 11 is 13.1. The highest BCUT2D eigenvalue weighted by atomic mass is 35.5. The Morgan fingerprint density at radius 2 is 1.81 bits per heavy atom. The number of aryl methyl sites for hydroxylation is 1. The monoisotopic (exact) mass is 678 g/mol. The van der Waals surface area contributed by atoms with Crippen LogP contribution in [-0.2, 0) is 23.1 Å². The second-order valence-corrected chi connectivity index (χ2v) is 15.7. The van der Waals surface area contributed by atoms with Gasteiger partial charge in [-0.05, 0) is 134 Å². The molecule has 1 spiro atoms. The smallest absolute Gasteiger partial charge is 0.329 e. The van der Waals surface area contributed by atoms with Crippen LogP contribution < -0.4 is 14.8 Å². The molecule has 0 aliphatic heterocycles. The molecular weight excluding hydrogens is 631 g/mol. The van der Waals surface area contributed by atoms with Crippen molar-refractivity contribution in [2.75, 3.05) is 18.5 Å². The van der Waals surface area contributed by atoms with Crippen LogP contribution in [0.4, 0.5) is 5.69 Å². The summed E-state index contributed by atoms with van der Waals surface area (Å²) in [5.74, 6) is 2.34. The highest BCUT2D eigenvalue weighted by Crippen LogP contribution is 2.57. The first-order valence-corrected chi connectivity index (χ1v) is 18.1. The quantitative estimate of drug-likeness (QED) is 0.210. The van der Waals surface area contributed by atoms with Gasteiger partial charge in [-0.25, -0.2) is 4.79 Å². The Hall–Kier alpha value is -2.96. The van der Waals surface area contributed by atoms with E-state index in [9.17, 15) is 9.90 Å². The van der Waals surface area contributed by atoms with Crippen LogP contribution in [0, 0.1) is 17.8 Å². The highest BCUT2D eigenvalue weighted by Gasteiger charge is 2.54. The number of aromatic nitrogens is 1. The Bertz CT molecular complexity index is 1600. The second-order valence-electron chi connectivity index (χ2n) is 14.8. The number of carboxylic acids is 1. The summed E-state index contributed by atoms with van der Waals surface area (Å²) in [5, 5.41) is 15.2. The summed E-state index contributed by atoms with van der Waals surface area (Å²) < 4.78 is 12.8. The molecule has 8 heteroatoms. The zero-order valence-corrected chi connectivity index (χ0v) is 29.6. The molecule has 0 radical (unpaired) electrons. The van der Waals surface area contributed by atoms with Gasteiger partial charge in [0.1, 0.15) is 17.0 Å². The van der Waals surface area contributed by atoms with Gasteiger partial charge in [-0.15, -0.1) is 0 Å². The van der Waals surface area contributed by atoms with Gasteiger partial charge in [0.05, 0.1) is 18.2 Å². The fourth-order valence-corrected chi connectivity index (χ4v) is 8.90. The molecule has 1 saturated carbocycles. The largest absolute Gasteiger partial charge is 0.493 e. The van der Waals surface area contributed by atoms with Gasteiger partial charge in [0, 0.05) is 28.2 Å². The molecule has 1 fully saturated rings. The first-order valence-electron chi connectivity index (χ1n) is 17.3. The van der Waals surface area contributed by atoms with Crippen molar-refractivity contribution in [3.8, 4) is 11.5 Å². The Labute approximate surface area is 289 Å². The number of fused-ring (bicyclic) bond motifs is 3. The summed E-state index contributed by atoms with van der Waals surface area (Å²) in [5.41, 5.74) is 4.48. The van der Waals surface area contributed by atoms with E-state index in [0.717, 1.165) is 49.3 Å². The number of nitrogens with zero attached hydrogens (tertiary/aromatic N) is 1. The van der Waals surface area contributed by atoms with Crippen molar-refractivity contribution in [3.05, 3.63) is 81.1 Å². The SMILES string of the molecule is CC(C)COc1cc2c(cc1Cl)C[C@H](C[C@@H](C)COc1ccnc3c1[C@H](C)CCC3)C21CCC(Nc2cccc(Cl)c2)(C(=O)O)CC1. The van der Waals surface area contributed by atoms with E-state index in [2.05, 4.69) is 50.1 Å². The number of benzene rings is 2. The van der Waals surface area contributed by atoms with Gasteiger partial charge in [-0.2, -0.15) is 0 Å². The van der Waals surface area contributed by atoms with Crippen LogP contribution >= 0.6 is 23.2 Å². The Morgan fingerprint density at radius 1 is 1.04 bits per heavy atom. The molecule has 3 atom stereocenters. The van der Waals surface area contributed by atoms with Gasteiger partial charge < -0.3 is 19.9 Å². The lowest BCUT2D eigenvalue weighted by Crippen LogP contribution is -2.53. The van der Waals surface area contributed by atoms with Crippen LogP contribution in [0.15, 0.2) is 48.7 Å². The molecule has 0 bridgehead atoms. The van der Waals surface area contributed by atoms with Crippen molar-refractivity contribution in [1.29, 1.82) is 0 Å². The Kier molecular flexibility index (Phi) is 10.0. The summed E-state index contributed by atoms with van der Waals surface area (Å²) in [6, 6.07) is 13.6. The van der Waals surface area contributed by atoms with E-state index >= 15 is 0 Å². The number of ether oxygens (including phenoxy) is 2. The first kappa shape index (κ1) is 33.9. The van der Waals surface area contributed by atoms with Crippen molar-refractivity contribution in [2.24, 2.45) is 17.8 Å². The molecule has 1 aromatic heterocycles. The third-order valence-electron chi connectivity index (χ3n) is 10.9. The van der Waals surface area contributed by atoms with E-state index in [-0.39, 0.29) is 5.41 Å². The number of carboxylic acid groups (broad SMARTS) is 1. The number of anilines is 1. The fourth-order valence-electron chi connectivity index (χ4n) is 8.47. The van der Waals surface area contributed by atoms with Crippen LogP contribution in [0.2, 0.25) is 10.0 Å². The molecule has 1 heterocycles. The van der Waals surface area contributed by atoms with E-state index in [1.807, 2.05) is 24.4 Å². The molecule has 6 rings (SSSR count). The maximum absolute atomic E-state index is 12.9. The number of hydrogen-bond acceptors (Lipinski definition) is 5. The zero-order valence-electron chi connectivity index (χ0n) is 28.1. The van der Waals surface area contributed by atoms with Crippen LogP contribution in [0.25, 0.3) is 0 Å². The summed E-state index contributed by atoms with van der Waals surface area (Å²) in [6.07, 6.45) is 9.63. The van der Waals surface area contributed by atoms with Crippen molar-refractivity contribution in [3.63, 3.8) is 0 Å².